The Kier molecular flexibility index (Phi) is 3.15. The Morgan fingerprint density at radius 1 is 1.00 bits per heavy atom. The van der Waals surface area contributed by atoms with E-state index in [2.05, 4.69) is 5.10 Å². The molecule has 2 rings (SSSR count). The molecule has 3 nitrogen and oxygen atoms in total. The molecule has 0 saturated carbocycles. The van der Waals surface area contributed by atoms with Crippen molar-refractivity contribution in [1.82, 2.24) is 9.78 Å². The van der Waals surface area contributed by atoms with Crippen molar-refractivity contribution in [1.29, 1.82) is 0 Å². The number of nitrogen functional groups attached to an aromatic ring is 1. The normalized spacial score (nSPS) is 12.7. The molecule has 20 heavy (non-hydrogen) atoms. The molecule has 1 aromatic heterocycles. The van der Waals surface area contributed by atoms with Crippen molar-refractivity contribution in [3.63, 3.8) is 0 Å². The Morgan fingerprint density at radius 2 is 1.65 bits per heavy atom. The van der Waals surface area contributed by atoms with E-state index in [1.807, 2.05) is 0 Å². The zero-order valence-corrected chi connectivity index (χ0v) is 9.63. The summed E-state index contributed by atoms with van der Waals surface area (Å²) in [7, 11) is 0. The van der Waals surface area contributed by atoms with Crippen LogP contribution in [0.25, 0.3) is 5.69 Å². The van der Waals surface area contributed by atoms with Crippen molar-refractivity contribution in [2.45, 2.75) is 12.4 Å². The summed E-state index contributed by atoms with van der Waals surface area (Å²) in [6.45, 7) is 0. The zero-order chi connectivity index (χ0) is 15.1. The van der Waals surface area contributed by atoms with Crippen molar-refractivity contribution in [2.75, 3.05) is 5.73 Å². The summed E-state index contributed by atoms with van der Waals surface area (Å²) < 4.78 is 76.8. The second-order valence-corrected chi connectivity index (χ2v) is 3.95. The van der Waals surface area contributed by atoms with Crippen LogP contribution in [0.3, 0.4) is 0 Å². The van der Waals surface area contributed by atoms with E-state index in [4.69, 9.17) is 5.73 Å². The molecule has 1 aromatic carbocycles. The van der Waals surface area contributed by atoms with E-state index in [0.29, 0.717) is 12.1 Å². The van der Waals surface area contributed by atoms with Crippen LogP contribution in [0.4, 0.5) is 32.0 Å². The molecule has 0 spiro atoms. The van der Waals surface area contributed by atoms with Gasteiger partial charge in [0, 0.05) is 0 Å². The summed E-state index contributed by atoms with van der Waals surface area (Å²) in [5, 5.41) is 3.56. The molecule has 2 N–H and O–H groups in total. The highest BCUT2D eigenvalue weighted by molar-refractivity contribution is 5.47. The van der Waals surface area contributed by atoms with Gasteiger partial charge in [0.1, 0.15) is 0 Å². The molecule has 0 saturated heterocycles. The first-order valence-electron chi connectivity index (χ1n) is 5.18. The second-order valence-electron chi connectivity index (χ2n) is 3.95. The maximum Gasteiger partial charge on any atom is 0.418 e. The highest BCUT2D eigenvalue weighted by atomic mass is 19.4. The molecule has 108 valence electrons. The molecule has 0 aliphatic rings. The summed E-state index contributed by atoms with van der Waals surface area (Å²) >= 11 is 0. The smallest absolute Gasteiger partial charge is 0.396 e. The highest BCUT2D eigenvalue weighted by Gasteiger charge is 2.38. The number of rotatable bonds is 1. The molecule has 0 aliphatic carbocycles. The van der Waals surface area contributed by atoms with Crippen molar-refractivity contribution in [3.05, 3.63) is 41.7 Å². The van der Waals surface area contributed by atoms with E-state index in [9.17, 15) is 26.3 Å². The maximum absolute atomic E-state index is 12.9. The number of benzene rings is 1. The summed E-state index contributed by atoms with van der Waals surface area (Å²) in [4.78, 5) is 0. The van der Waals surface area contributed by atoms with Crippen LogP contribution < -0.4 is 5.73 Å². The van der Waals surface area contributed by atoms with Crippen LogP contribution in [0.2, 0.25) is 0 Å². The van der Waals surface area contributed by atoms with Gasteiger partial charge < -0.3 is 5.73 Å². The number of halogens is 6. The van der Waals surface area contributed by atoms with Crippen LogP contribution in [0.15, 0.2) is 30.6 Å². The number of alkyl halides is 6. The van der Waals surface area contributed by atoms with E-state index in [0.717, 1.165) is 17.1 Å². The van der Waals surface area contributed by atoms with Gasteiger partial charge in [-0.25, -0.2) is 4.68 Å². The number of hydrogen-bond donors (Lipinski definition) is 1. The quantitative estimate of drug-likeness (QED) is 0.818. The molecule has 1 heterocycles. The van der Waals surface area contributed by atoms with Gasteiger partial charge in [0.05, 0.1) is 34.9 Å². The predicted molar refractivity (Wildman–Crippen MR) is 58.0 cm³/mol. The van der Waals surface area contributed by atoms with Gasteiger partial charge in [0.15, 0.2) is 0 Å². The highest BCUT2D eigenvalue weighted by Crippen LogP contribution is 2.38. The largest absolute Gasteiger partial charge is 0.418 e. The summed E-state index contributed by atoms with van der Waals surface area (Å²) in [5.41, 5.74) is 2.08. The number of nitrogens with zero attached hydrogens (tertiary/aromatic N) is 2. The van der Waals surface area contributed by atoms with E-state index in [1.54, 1.807) is 0 Å². The fraction of sp³-hybridized carbons (Fsp3) is 0.182. The number of aromatic nitrogens is 2. The third kappa shape index (κ3) is 2.70. The number of nitrogens with two attached hydrogens (primary N) is 1. The Bertz CT molecular complexity index is 626. The van der Waals surface area contributed by atoms with Gasteiger partial charge in [-0.1, -0.05) is 0 Å². The van der Waals surface area contributed by atoms with Crippen LogP contribution in [0.5, 0.6) is 0 Å². The SMILES string of the molecule is Nc1cnn(-c2ccc(C(F)(F)F)cc2C(F)(F)F)c1. The van der Waals surface area contributed by atoms with Gasteiger partial charge in [-0.05, 0) is 18.2 Å². The van der Waals surface area contributed by atoms with Gasteiger partial charge >= 0.3 is 12.4 Å². The maximum atomic E-state index is 12.9. The molecule has 0 amide bonds. The van der Waals surface area contributed by atoms with E-state index in [1.165, 1.54) is 0 Å². The molecule has 0 aliphatic heterocycles. The Labute approximate surface area is 108 Å². The Hall–Kier alpha value is -2.19. The molecule has 0 atom stereocenters. The second kappa shape index (κ2) is 4.43. The lowest BCUT2D eigenvalue weighted by Crippen LogP contribution is -2.14. The first-order valence-corrected chi connectivity index (χ1v) is 5.18. The van der Waals surface area contributed by atoms with Gasteiger partial charge in [-0.3, -0.25) is 0 Å². The number of hydrogen-bond acceptors (Lipinski definition) is 2. The van der Waals surface area contributed by atoms with Crippen molar-refractivity contribution in [2.24, 2.45) is 0 Å². The van der Waals surface area contributed by atoms with E-state index in [-0.39, 0.29) is 11.8 Å². The van der Waals surface area contributed by atoms with Crippen LogP contribution in [0.1, 0.15) is 11.1 Å². The zero-order valence-electron chi connectivity index (χ0n) is 9.63. The van der Waals surface area contributed by atoms with E-state index >= 15 is 0 Å². The lowest BCUT2D eigenvalue weighted by atomic mass is 10.1. The number of anilines is 1. The van der Waals surface area contributed by atoms with Gasteiger partial charge in [0.25, 0.3) is 0 Å². The third-order valence-corrected chi connectivity index (χ3v) is 2.48. The molecule has 9 heteroatoms. The average Bonchev–Trinajstić information content (AvgIpc) is 2.72. The van der Waals surface area contributed by atoms with Gasteiger partial charge in [-0.15, -0.1) is 0 Å². The van der Waals surface area contributed by atoms with Crippen LogP contribution in [-0.2, 0) is 12.4 Å². The average molecular weight is 295 g/mol. The molecule has 0 bridgehead atoms. The minimum atomic E-state index is -4.95. The van der Waals surface area contributed by atoms with Crippen LogP contribution >= 0.6 is 0 Å². The fourth-order valence-electron chi connectivity index (χ4n) is 1.61. The summed E-state index contributed by atoms with van der Waals surface area (Å²) in [6.07, 6.45) is -7.63. The standard InChI is InChI=1S/C11H7F6N3/c12-10(13,14)6-1-2-9(8(3-6)11(15,16)17)20-5-7(18)4-19-20/h1-5H,18H2. The monoisotopic (exact) mass is 295 g/mol. The van der Waals surface area contributed by atoms with Crippen LogP contribution in [0, 0.1) is 0 Å². The van der Waals surface area contributed by atoms with Crippen molar-refractivity contribution in [3.8, 4) is 5.69 Å². The molecule has 0 radical (unpaired) electrons. The Balaban J connectivity index is 2.64. The first-order chi connectivity index (χ1) is 9.09. The fourth-order valence-corrected chi connectivity index (χ4v) is 1.61. The van der Waals surface area contributed by atoms with Gasteiger partial charge in [0.2, 0.25) is 0 Å². The molecular formula is C11H7F6N3. The lowest BCUT2D eigenvalue weighted by molar-refractivity contribution is -0.143. The van der Waals surface area contributed by atoms with E-state index < -0.39 is 29.2 Å². The molecule has 0 fully saturated rings. The Morgan fingerprint density at radius 3 is 2.10 bits per heavy atom. The third-order valence-electron chi connectivity index (χ3n) is 2.48. The predicted octanol–water partition coefficient (Wildman–Crippen LogP) is 3.49. The lowest BCUT2D eigenvalue weighted by Gasteiger charge is -2.15. The topological polar surface area (TPSA) is 43.8 Å². The van der Waals surface area contributed by atoms with Crippen molar-refractivity contribution < 1.29 is 26.3 Å². The summed E-state index contributed by atoms with van der Waals surface area (Å²) in [6, 6.07) is 1.31. The minimum Gasteiger partial charge on any atom is -0.396 e. The minimum absolute atomic E-state index is 0.0488. The van der Waals surface area contributed by atoms with Crippen molar-refractivity contribution >= 4 is 5.69 Å². The molecule has 2 aromatic rings. The molecular weight excluding hydrogens is 288 g/mol. The molecule has 0 unspecified atom stereocenters. The van der Waals surface area contributed by atoms with Crippen LogP contribution in [-0.4, -0.2) is 9.78 Å². The first kappa shape index (κ1) is 14.2. The summed E-state index contributed by atoms with van der Waals surface area (Å²) in [5.74, 6) is 0. The van der Waals surface area contributed by atoms with Gasteiger partial charge in [-0.2, -0.15) is 31.4 Å².